The van der Waals surface area contributed by atoms with E-state index in [9.17, 15) is 13.2 Å². The fourth-order valence-corrected chi connectivity index (χ4v) is 2.22. The largest absolute Gasteiger partial charge is 0.414 e. The molecular weight excluding hydrogens is 241 g/mol. The highest BCUT2D eigenvalue weighted by Crippen LogP contribution is 2.43. The van der Waals surface area contributed by atoms with Gasteiger partial charge in [-0.05, 0) is 22.4 Å². The maximum absolute atomic E-state index is 12.3. The fourth-order valence-electron chi connectivity index (χ4n) is 2.22. The van der Waals surface area contributed by atoms with Gasteiger partial charge >= 0.3 is 6.18 Å². The van der Waals surface area contributed by atoms with Crippen molar-refractivity contribution in [2.24, 2.45) is 0 Å². The number of hydrogen-bond donors (Lipinski definition) is 0. The second kappa shape index (κ2) is 3.99. The molecular formula is C14H11F3O. The number of halogens is 3. The van der Waals surface area contributed by atoms with E-state index in [4.69, 9.17) is 4.74 Å². The molecule has 0 spiro atoms. The van der Waals surface area contributed by atoms with Crippen LogP contribution in [0.3, 0.4) is 0 Å². The van der Waals surface area contributed by atoms with Gasteiger partial charge in [0.2, 0.25) is 0 Å². The van der Waals surface area contributed by atoms with Crippen LogP contribution < -0.4 is 0 Å². The van der Waals surface area contributed by atoms with E-state index in [2.05, 4.69) is 0 Å². The van der Waals surface area contributed by atoms with Gasteiger partial charge in [0, 0.05) is 6.42 Å². The first-order chi connectivity index (χ1) is 8.54. The summed E-state index contributed by atoms with van der Waals surface area (Å²) >= 11 is 0. The number of fused-ring (bicyclic) bond motifs is 1. The zero-order valence-electron chi connectivity index (χ0n) is 9.45. The third-order valence-corrected chi connectivity index (χ3v) is 3.27. The predicted molar refractivity (Wildman–Crippen MR) is 62.2 cm³/mol. The highest BCUT2D eigenvalue weighted by atomic mass is 19.4. The Morgan fingerprint density at radius 3 is 2.33 bits per heavy atom. The molecule has 1 aliphatic heterocycles. The molecule has 0 radical (unpaired) electrons. The number of hydrogen-bond acceptors (Lipinski definition) is 1. The third kappa shape index (κ3) is 1.97. The monoisotopic (exact) mass is 252 g/mol. The summed E-state index contributed by atoms with van der Waals surface area (Å²) < 4.78 is 41.9. The third-order valence-electron chi connectivity index (χ3n) is 3.27. The molecule has 2 aromatic rings. The molecule has 4 heteroatoms. The standard InChI is InChI=1S/C14H11F3O/c15-14(16,17)13-8-12(18-13)11-6-5-9-3-1-2-4-10(9)7-11/h1-7,12-13H,8H2/t12-,13+/m0/s1. The molecule has 0 aliphatic carbocycles. The van der Waals surface area contributed by atoms with Gasteiger partial charge in [-0.2, -0.15) is 13.2 Å². The van der Waals surface area contributed by atoms with E-state index >= 15 is 0 Å². The molecule has 0 saturated carbocycles. The second-order valence-electron chi connectivity index (χ2n) is 4.50. The van der Waals surface area contributed by atoms with Crippen LogP contribution in [0.15, 0.2) is 42.5 Å². The van der Waals surface area contributed by atoms with E-state index < -0.39 is 18.4 Å². The van der Waals surface area contributed by atoms with Crippen LogP contribution in [0.5, 0.6) is 0 Å². The Morgan fingerprint density at radius 1 is 1.00 bits per heavy atom. The average Bonchev–Trinajstić information content (AvgIpc) is 2.25. The van der Waals surface area contributed by atoms with Crippen molar-refractivity contribution < 1.29 is 17.9 Å². The molecule has 1 saturated heterocycles. The molecule has 2 aromatic carbocycles. The summed E-state index contributed by atoms with van der Waals surface area (Å²) in [5.41, 5.74) is 0.814. The van der Waals surface area contributed by atoms with Gasteiger partial charge in [-0.3, -0.25) is 0 Å². The van der Waals surface area contributed by atoms with Gasteiger partial charge in [0.05, 0.1) is 6.10 Å². The molecule has 0 bridgehead atoms. The lowest BCUT2D eigenvalue weighted by molar-refractivity contribution is -0.288. The maximum Gasteiger partial charge on any atom is 0.414 e. The van der Waals surface area contributed by atoms with Crippen LogP contribution >= 0.6 is 0 Å². The maximum atomic E-state index is 12.3. The zero-order chi connectivity index (χ0) is 12.8. The van der Waals surface area contributed by atoms with Crippen molar-refractivity contribution >= 4 is 10.8 Å². The first-order valence-electron chi connectivity index (χ1n) is 5.75. The summed E-state index contributed by atoms with van der Waals surface area (Å²) in [6, 6.07) is 13.4. The fraction of sp³-hybridized carbons (Fsp3) is 0.286. The molecule has 94 valence electrons. The van der Waals surface area contributed by atoms with Crippen molar-refractivity contribution in [1.29, 1.82) is 0 Å². The van der Waals surface area contributed by atoms with Crippen LogP contribution in [-0.2, 0) is 4.74 Å². The first-order valence-corrected chi connectivity index (χ1v) is 5.75. The van der Waals surface area contributed by atoms with E-state index in [1.54, 1.807) is 0 Å². The molecule has 0 unspecified atom stereocenters. The van der Waals surface area contributed by atoms with E-state index in [1.165, 1.54) is 0 Å². The molecule has 1 aliphatic rings. The Hall–Kier alpha value is -1.55. The predicted octanol–water partition coefficient (Wildman–Crippen LogP) is 4.23. The summed E-state index contributed by atoms with van der Waals surface area (Å²) in [6.45, 7) is 0. The minimum Gasteiger partial charge on any atom is -0.361 e. The van der Waals surface area contributed by atoms with Gasteiger partial charge in [-0.25, -0.2) is 0 Å². The Labute approximate surface area is 102 Å². The zero-order valence-corrected chi connectivity index (χ0v) is 9.45. The number of ether oxygens (including phenoxy) is 1. The normalized spacial score (nSPS) is 23.9. The minimum atomic E-state index is -4.24. The molecule has 1 nitrogen and oxygen atoms in total. The van der Waals surface area contributed by atoms with Gasteiger partial charge in [0.15, 0.2) is 6.10 Å². The minimum absolute atomic E-state index is 0.0157. The highest BCUT2D eigenvalue weighted by Gasteiger charge is 2.49. The van der Waals surface area contributed by atoms with E-state index in [1.807, 2.05) is 42.5 Å². The summed E-state index contributed by atoms with van der Waals surface area (Å²) in [5, 5.41) is 2.10. The Morgan fingerprint density at radius 2 is 1.67 bits per heavy atom. The summed E-state index contributed by atoms with van der Waals surface area (Å²) in [4.78, 5) is 0. The lowest BCUT2D eigenvalue weighted by atomic mass is 9.95. The molecule has 3 rings (SSSR count). The van der Waals surface area contributed by atoms with Crippen LogP contribution in [0.1, 0.15) is 18.1 Å². The number of benzene rings is 2. The van der Waals surface area contributed by atoms with Crippen LogP contribution in [0.4, 0.5) is 13.2 Å². The topological polar surface area (TPSA) is 9.23 Å². The molecule has 2 atom stereocenters. The summed E-state index contributed by atoms with van der Waals surface area (Å²) in [7, 11) is 0. The van der Waals surface area contributed by atoms with E-state index in [-0.39, 0.29) is 6.42 Å². The van der Waals surface area contributed by atoms with E-state index in [0.29, 0.717) is 0 Å². The lowest BCUT2D eigenvalue weighted by Crippen LogP contribution is -2.42. The van der Waals surface area contributed by atoms with Crippen LogP contribution in [-0.4, -0.2) is 12.3 Å². The average molecular weight is 252 g/mol. The van der Waals surface area contributed by atoms with E-state index in [0.717, 1.165) is 16.3 Å². The van der Waals surface area contributed by atoms with Crippen molar-refractivity contribution in [2.45, 2.75) is 24.8 Å². The molecule has 1 heterocycles. The van der Waals surface area contributed by atoms with Crippen molar-refractivity contribution in [3.8, 4) is 0 Å². The quantitative estimate of drug-likeness (QED) is 0.737. The SMILES string of the molecule is FC(F)(F)[C@H]1C[C@@H](c2ccc3ccccc3c2)O1. The first kappa shape index (κ1) is 11.5. The van der Waals surface area contributed by atoms with Crippen LogP contribution in [0.2, 0.25) is 0 Å². The van der Waals surface area contributed by atoms with Gasteiger partial charge in [0.25, 0.3) is 0 Å². The van der Waals surface area contributed by atoms with Crippen molar-refractivity contribution in [3.05, 3.63) is 48.0 Å². The van der Waals surface area contributed by atoms with Gasteiger partial charge in [-0.1, -0.05) is 36.4 Å². The van der Waals surface area contributed by atoms with Crippen LogP contribution in [0.25, 0.3) is 10.8 Å². The van der Waals surface area contributed by atoms with Gasteiger partial charge in [-0.15, -0.1) is 0 Å². The lowest BCUT2D eigenvalue weighted by Gasteiger charge is -2.37. The number of alkyl halides is 3. The van der Waals surface area contributed by atoms with Gasteiger partial charge < -0.3 is 4.74 Å². The summed E-state index contributed by atoms with van der Waals surface area (Å²) in [5.74, 6) is 0. The molecule has 0 aromatic heterocycles. The number of rotatable bonds is 1. The molecule has 0 amide bonds. The molecule has 1 fully saturated rings. The second-order valence-corrected chi connectivity index (χ2v) is 4.50. The Kier molecular flexibility index (Phi) is 2.55. The van der Waals surface area contributed by atoms with Crippen molar-refractivity contribution in [2.75, 3.05) is 0 Å². The smallest absolute Gasteiger partial charge is 0.361 e. The van der Waals surface area contributed by atoms with Gasteiger partial charge in [0.1, 0.15) is 0 Å². The molecule has 18 heavy (non-hydrogen) atoms. The molecule has 0 N–H and O–H groups in total. The highest BCUT2D eigenvalue weighted by molar-refractivity contribution is 5.83. The van der Waals surface area contributed by atoms with Crippen molar-refractivity contribution in [3.63, 3.8) is 0 Å². The Bertz CT molecular complexity index is 571. The van der Waals surface area contributed by atoms with Crippen LogP contribution in [0, 0.1) is 0 Å². The van der Waals surface area contributed by atoms with Crippen molar-refractivity contribution in [1.82, 2.24) is 0 Å². The Balaban J connectivity index is 1.81. The summed E-state index contributed by atoms with van der Waals surface area (Å²) in [6.07, 6.45) is -6.26.